The summed E-state index contributed by atoms with van der Waals surface area (Å²) in [6, 6.07) is 11.6. The molecule has 2 aromatic carbocycles. The Kier molecular flexibility index (Phi) is 6.69. The van der Waals surface area contributed by atoms with Crippen LogP contribution in [0.5, 0.6) is 0 Å². The highest BCUT2D eigenvalue weighted by Gasteiger charge is 2.32. The zero-order valence-electron chi connectivity index (χ0n) is 18.4. The van der Waals surface area contributed by atoms with E-state index in [1.807, 2.05) is 19.9 Å². The van der Waals surface area contributed by atoms with E-state index < -0.39 is 22.0 Å². The lowest BCUT2D eigenvalue weighted by Gasteiger charge is -2.30. The molecular formula is C23H29N3O4S. The molecule has 1 aliphatic heterocycles. The smallest absolute Gasteiger partial charge is 0.248 e. The predicted octanol–water partition coefficient (Wildman–Crippen LogP) is 3.61. The van der Waals surface area contributed by atoms with Crippen LogP contribution in [0.25, 0.3) is 0 Å². The van der Waals surface area contributed by atoms with Gasteiger partial charge >= 0.3 is 0 Å². The summed E-state index contributed by atoms with van der Waals surface area (Å²) in [5.41, 5.74) is 3.66. The zero-order chi connectivity index (χ0) is 22.8. The second-order valence-corrected chi connectivity index (χ2v) is 9.87. The van der Waals surface area contributed by atoms with Crippen LogP contribution in [-0.2, 0) is 19.6 Å². The van der Waals surface area contributed by atoms with Crippen LogP contribution in [0, 0.1) is 13.8 Å². The molecular weight excluding hydrogens is 414 g/mol. The number of nitrogens with zero attached hydrogens (tertiary/aromatic N) is 2. The van der Waals surface area contributed by atoms with E-state index in [4.69, 9.17) is 0 Å². The molecule has 0 spiro atoms. The van der Waals surface area contributed by atoms with Crippen LogP contribution in [0.3, 0.4) is 0 Å². The van der Waals surface area contributed by atoms with Gasteiger partial charge in [0.2, 0.25) is 21.8 Å². The summed E-state index contributed by atoms with van der Waals surface area (Å²) in [6.07, 6.45) is 2.82. The Morgan fingerprint density at radius 3 is 2.23 bits per heavy atom. The molecule has 0 radical (unpaired) electrons. The lowest BCUT2D eigenvalue weighted by molar-refractivity contribution is -0.118. The van der Waals surface area contributed by atoms with Gasteiger partial charge in [-0.2, -0.15) is 0 Å². The minimum atomic E-state index is -3.70. The van der Waals surface area contributed by atoms with Crippen molar-refractivity contribution >= 4 is 38.9 Å². The highest BCUT2D eigenvalue weighted by molar-refractivity contribution is 7.92. The van der Waals surface area contributed by atoms with Crippen molar-refractivity contribution in [1.29, 1.82) is 0 Å². The molecule has 0 aliphatic carbocycles. The Labute approximate surface area is 184 Å². The summed E-state index contributed by atoms with van der Waals surface area (Å²) in [6.45, 7) is 6.27. The molecule has 3 rings (SSSR count). The Morgan fingerprint density at radius 2 is 1.74 bits per heavy atom. The zero-order valence-corrected chi connectivity index (χ0v) is 19.2. The van der Waals surface area contributed by atoms with Gasteiger partial charge in [-0.1, -0.05) is 13.0 Å². The van der Waals surface area contributed by atoms with Crippen LogP contribution in [-0.4, -0.2) is 39.1 Å². The van der Waals surface area contributed by atoms with E-state index >= 15 is 0 Å². The number of anilines is 3. The van der Waals surface area contributed by atoms with Crippen LogP contribution in [0.2, 0.25) is 0 Å². The Bertz CT molecular complexity index is 1060. The molecule has 0 bridgehead atoms. The first-order chi connectivity index (χ1) is 14.6. The number of hydrogen-bond acceptors (Lipinski definition) is 4. The van der Waals surface area contributed by atoms with E-state index in [1.165, 1.54) is 4.31 Å². The topological polar surface area (TPSA) is 86.8 Å². The highest BCUT2D eigenvalue weighted by atomic mass is 32.2. The SMILES string of the molecule is CC[C@H](C(=O)Nc1ccc(N2CCCC2=O)cc1)N(c1cc(C)cc(C)c1)S(C)(=O)=O. The van der Waals surface area contributed by atoms with Crippen molar-refractivity contribution in [3.8, 4) is 0 Å². The van der Waals surface area contributed by atoms with Crippen LogP contribution in [0.15, 0.2) is 42.5 Å². The molecule has 0 unspecified atom stereocenters. The molecule has 8 heteroatoms. The van der Waals surface area contributed by atoms with Gasteiger partial charge in [0, 0.05) is 24.3 Å². The molecule has 2 amide bonds. The first kappa shape index (κ1) is 22.8. The average Bonchev–Trinajstić information content (AvgIpc) is 3.10. The van der Waals surface area contributed by atoms with Crippen molar-refractivity contribution in [2.75, 3.05) is 27.3 Å². The second-order valence-electron chi connectivity index (χ2n) is 8.01. The fraction of sp³-hybridized carbons (Fsp3) is 0.391. The first-order valence-corrected chi connectivity index (χ1v) is 12.2. The van der Waals surface area contributed by atoms with Gasteiger partial charge in [-0.3, -0.25) is 13.9 Å². The molecule has 1 aliphatic rings. The molecule has 1 N–H and O–H groups in total. The van der Waals surface area contributed by atoms with Gasteiger partial charge in [0.15, 0.2) is 0 Å². The Balaban J connectivity index is 1.84. The van der Waals surface area contributed by atoms with Gasteiger partial charge in [-0.25, -0.2) is 8.42 Å². The summed E-state index contributed by atoms with van der Waals surface area (Å²) in [5, 5.41) is 2.83. The van der Waals surface area contributed by atoms with Gasteiger partial charge < -0.3 is 10.2 Å². The molecule has 2 aromatic rings. The highest BCUT2D eigenvalue weighted by Crippen LogP contribution is 2.27. The summed E-state index contributed by atoms with van der Waals surface area (Å²) >= 11 is 0. The maximum Gasteiger partial charge on any atom is 0.248 e. The molecule has 0 aromatic heterocycles. The second kappa shape index (κ2) is 9.09. The van der Waals surface area contributed by atoms with Gasteiger partial charge in [-0.05, 0) is 74.2 Å². The van der Waals surface area contributed by atoms with E-state index in [0.717, 1.165) is 29.5 Å². The third-order valence-electron chi connectivity index (χ3n) is 5.31. The Morgan fingerprint density at radius 1 is 1.13 bits per heavy atom. The van der Waals surface area contributed by atoms with Crippen LogP contribution in [0.1, 0.15) is 37.3 Å². The molecule has 7 nitrogen and oxygen atoms in total. The van der Waals surface area contributed by atoms with Crippen molar-refractivity contribution in [1.82, 2.24) is 0 Å². The van der Waals surface area contributed by atoms with E-state index in [9.17, 15) is 18.0 Å². The number of benzene rings is 2. The summed E-state index contributed by atoms with van der Waals surface area (Å²) in [7, 11) is -3.70. The fourth-order valence-electron chi connectivity index (χ4n) is 4.01. The summed E-state index contributed by atoms with van der Waals surface area (Å²) in [5.74, 6) is -0.308. The van der Waals surface area contributed by atoms with Gasteiger partial charge in [0.25, 0.3) is 0 Å². The van der Waals surface area contributed by atoms with Gasteiger partial charge in [-0.15, -0.1) is 0 Å². The van der Waals surface area contributed by atoms with E-state index in [-0.39, 0.29) is 5.91 Å². The number of sulfonamides is 1. The molecule has 166 valence electrons. The average molecular weight is 444 g/mol. The number of hydrogen-bond donors (Lipinski definition) is 1. The number of rotatable bonds is 7. The third kappa shape index (κ3) is 5.25. The molecule has 0 saturated carbocycles. The van der Waals surface area contributed by atoms with E-state index in [1.54, 1.807) is 48.2 Å². The summed E-state index contributed by atoms with van der Waals surface area (Å²) in [4.78, 5) is 26.7. The predicted molar refractivity (Wildman–Crippen MR) is 124 cm³/mol. The molecule has 1 heterocycles. The van der Waals surface area contributed by atoms with Crippen LogP contribution < -0.4 is 14.5 Å². The standard InChI is InChI=1S/C23H29N3O4S/c1-5-21(26(31(4,29)30)20-14-16(2)13-17(3)15-20)23(28)24-18-8-10-19(11-9-18)25-12-6-7-22(25)27/h8-11,13-15,21H,5-7,12H2,1-4H3,(H,24,28)/t21-/m1/s1. The van der Waals surface area contributed by atoms with Gasteiger partial charge in [0.1, 0.15) is 6.04 Å². The van der Waals surface area contributed by atoms with Crippen LogP contribution >= 0.6 is 0 Å². The van der Waals surface area contributed by atoms with E-state index in [2.05, 4.69) is 5.32 Å². The number of carbonyl (C=O) groups excluding carboxylic acids is 2. The molecule has 1 saturated heterocycles. The van der Waals surface area contributed by atoms with Crippen molar-refractivity contribution in [3.63, 3.8) is 0 Å². The number of nitrogens with one attached hydrogen (secondary N) is 1. The number of aryl methyl sites for hydroxylation is 2. The van der Waals surface area contributed by atoms with Crippen molar-refractivity contribution in [2.45, 2.75) is 46.1 Å². The minimum absolute atomic E-state index is 0.0973. The van der Waals surface area contributed by atoms with Crippen molar-refractivity contribution in [2.24, 2.45) is 0 Å². The van der Waals surface area contributed by atoms with Gasteiger partial charge in [0.05, 0.1) is 11.9 Å². The molecule has 31 heavy (non-hydrogen) atoms. The normalized spacial score (nSPS) is 15.1. The largest absolute Gasteiger partial charge is 0.324 e. The van der Waals surface area contributed by atoms with Crippen molar-refractivity contribution in [3.05, 3.63) is 53.6 Å². The molecule has 1 atom stereocenters. The van der Waals surface area contributed by atoms with Crippen molar-refractivity contribution < 1.29 is 18.0 Å². The third-order valence-corrected chi connectivity index (χ3v) is 6.49. The number of carbonyl (C=O) groups is 2. The maximum absolute atomic E-state index is 13.1. The lowest BCUT2D eigenvalue weighted by atomic mass is 10.1. The van der Waals surface area contributed by atoms with E-state index in [0.29, 0.717) is 30.8 Å². The summed E-state index contributed by atoms with van der Waals surface area (Å²) < 4.78 is 26.5. The quantitative estimate of drug-likeness (QED) is 0.708. The monoisotopic (exact) mass is 443 g/mol. The fourth-order valence-corrected chi connectivity index (χ4v) is 5.21. The Hall–Kier alpha value is -2.87. The lowest BCUT2D eigenvalue weighted by Crippen LogP contribution is -2.47. The maximum atomic E-state index is 13.1. The number of amides is 2. The van der Waals surface area contributed by atoms with Crippen LogP contribution in [0.4, 0.5) is 17.1 Å². The minimum Gasteiger partial charge on any atom is -0.324 e. The molecule has 1 fully saturated rings. The first-order valence-electron chi connectivity index (χ1n) is 10.4.